The highest BCUT2D eigenvalue weighted by atomic mass is 127. The second-order valence-electron chi connectivity index (χ2n) is 4.03. The number of carbonyl (C=O) groups is 1. The van der Waals surface area contributed by atoms with Gasteiger partial charge in [0.25, 0.3) is 5.91 Å². The number of carbonyl (C=O) groups excluding carboxylic acids is 1. The average molecular weight is 330 g/mol. The molecule has 16 heavy (non-hydrogen) atoms. The Labute approximate surface area is 109 Å². The van der Waals surface area contributed by atoms with Gasteiger partial charge in [-0.05, 0) is 41.6 Å². The van der Waals surface area contributed by atoms with Gasteiger partial charge < -0.3 is 10.2 Å². The third kappa shape index (κ3) is 2.38. The van der Waals surface area contributed by atoms with Gasteiger partial charge in [-0.2, -0.15) is 0 Å². The number of amides is 1. The third-order valence-electron chi connectivity index (χ3n) is 2.87. The fourth-order valence-corrected chi connectivity index (χ4v) is 2.55. The van der Waals surface area contributed by atoms with E-state index in [1.165, 1.54) is 0 Å². The summed E-state index contributed by atoms with van der Waals surface area (Å²) in [6.07, 6.45) is 0. The van der Waals surface area contributed by atoms with Crippen molar-refractivity contribution in [3.63, 3.8) is 0 Å². The largest absolute Gasteiger partial charge is 0.333 e. The number of nitrogens with zero attached hydrogens (tertiary/aromatic N) is 1. The quantitative estimate of drug-likeness (QED) is 0.796. The fourth-order valence-electron chi connectivity index (χ4n) is 1.93. The molecule has 0 aliphatic carbocycles. The predicted molar refractivity (Wildman–Crippen MR) is 72.5 cm³/mol. The molecule has 1 aliphatic heterocycles. The summed E-state index contributed by atoms with van der Waals surface area (Å²) >= 11 is 2.22. The highest BCUT2D eigenvalue weighted by molar-refractivity contribution is 14.1. The van der Waals surface area contributed by atoms with Crippen LogP contribution in [0.4, 0.5) is 0 Å². The van der Waals surface area contributed by atoms with Crippen molar-refractivity contribution < 1.29 is 4.79 Å². The number of hydrogen-bond acceptors (Lipinski definition) is 2. The summed E-state index contributed by atoms with van der Waals surface area (Å²) in [5.74, 6) is 0.152. The number of nitrogens with one attached hydrogen (secondary N) is 1. The summed E-state index contributed by atoms with van der Waals surface area (Å²) < 4.78 is 1.02. The standard InChI is InChI=1S/C12H15IN2O/c1-9-8-14-6-7-15(9)12(16)10-4-2-3-5-11(10)13/h2-5,9,14H,6-8H2,1H3/t9-/m0/s1. The molecule has 1 aromatic carbocycles. The molecular formula is C12H15IN2O. The molecule has 2 rings (SSSR count). The van der Waals surface area contributed by atoms with Crippen molar-refractivity contribution in [2.24, 2.45) is 0 Å². The molecule has 0 radical (unpaired) electrons. The summed E-state index contributed by atoms with van der Waals surface area (Å²) in [5.41, 5.74) is 0.817. The Morgan fingerprint density at radius 3 is 2.94 bits per heavy atom. The molecule has 1 heterocycles. The van der Waals surface area contributed by atoms with Crippen LogP contribution in [0.25, 0.3) is 0 Å². The van der Waals surface area contributed by atoms with Crippen LogP contribution in [-0.4, -0.2) is 36.5 Å². The van der Waals surface area contributed by atoms with Crippen LogP contribution in [0.2, 0.25) is 0 Å². The first-order valence-corrected chi connectivity index (χ1v) is 6.54. The Kier molecular flexibility index (Phi) is 3.81. The Morgan fingerprint density at radius 1 is 1.50 bits per heavy atom. The molecule has 4 heteroatoms. The molecule has 1 amide bonds. The van der Waals surface area contributed by atoms with Crippen molar-refractivity contribution in [1.29, 1.82) is 0 Å². The number of benzene rings is 1. The molecule has 1 fully saturated rings. The summed E-state index contributed by atoms with van der Waals surface area (Å²) in [6, 6.07) is 8.03. The minimum Gasteiger partial charge on any atom is -0.333 e. The first kappa shape index (κ1) is 11.9. The number of halogens is 1. The molecule has 0 aromatic heterocycles. The van der Waals surface area contributed by atoms with Crippen molar-refractivity contribution in [3.8, 4) is 0 Å². The highest BCUT2D eigenvalue weighted by Crippen LogP contribution is 2.16. The lowest BCUT2D eigenvalue weighted by Gasteiger charge is -2.34. The van der Waals surface area contributed by atoms with E-state index in [-0.39, 0.29) is 11.9 Å². The van der Waals surface area contributed by atoms with Gasteiger partial charge in [-0.3, -0.25) is 4.79 Å². The molecule has 86 valence electrons. The second-order valence-corrected chi connectivity index (χ2v) is 5.19. The first-order valence-electron chi connectivity index (χ1n) is 5.46. The van der Waals surface area contributed by atoms with Crippen LogP contribution in [0.5, 0.6) is 0 Å². The Bertz CT molecular complexity index is 394. The zero-order chi connectivity index (χ0) is 11.5. The van der Waals surface area contributed by atoms with Crippen molar-refractivity contribution >= 4 is 28.5 Å². The maximum Gasteiger partial charge on any atom is 0.255 e. The summed E-state index contributed by atoms with van der Waals surface area (Å²) in [5, 5.41) is 3.29. The van der Waals surface area contributed by atoms with Gasteiger partial charge in [0.1, 0.15) is 0 Å². The SMILES string of the molecule is C[C@H]1CNCCN1C(=O)c1ccccc1I. The molecule has 1 aromatic rings. The van der Waals surface area contributed by atoms with Gasteiger partial charge in [-0.15, -0.1) is 0 Å². The Morgan fingerprint density at radius 2 is 2.25 bits per heavy atom. The van der Waals surface area contributed by atoms with E-state index in [0.29, 0.717) is 0 Å². The van der Waals surface area contributed by atoms with Crippen LogP contribution in [0, 0.1) is 3.57 Å². The van der Waals surface area contributed by atoms with Gasteiger partial charge in [0.15, 0.2) is 0 Å². The summed E-state index contributed by atoms with van der Waals surface area (Å²) in [4.78, 5) is 14.3. The van der Waals surface area contributed by atoms with Crippen molar-refractivity contribution in [2.45, 2.75) is 13.0 Å². The zero-order valence-electron chi connectivity index (χ0n) is 9.24. The lowest BCUT2D eigenvalue weighted by Crippen LogP contribution is -2.52. The topological polar surface area (TPSA) is 32.3 Å². The van der Waals surface area contributed by atoms with E-state index in [1.807, 2.05) is 29.2 Å². The van der Waals surface area contributed by atoms with E-state index in [0.717, 1.165) is 28.8 Å². The van der Waals surface area contributed by atoms with E-state index in [2.05, 4.69) is 34.8 Å². The first-order chi connectivity index (χ1) is 7.70. The third-order valence-corrected chi connectivity index (χ3v) is 3.81. The maximum absolute atomic E-state index is 12.3. The molecule has 1 saturated heterocycles. The van der Waals surface area contributed by atoms with Gasteiger partial charge in [-0.25, -0.2) is 0 Å². The highest BCUT2D eigenvalue weighted by Gasteiger charge is 2.24. The average Bonchev–Trinajstić information content (AvgIpc) is 2.29. The molecule has 0 bridgehead atoms. The molecule has 0 saturated carbocycles. The molecule has 3 nitrogen and oxygen atoms in total. The van der Waals surface area contributed by atoms with E-state index < -0.39 is 0 Å². The van der Waals surface area contributed by atoms with Crippen LogP contribution in [0.1, 0.15) is 17.3 Å². The molecule has 1 atom stereocenters. The van der Waals surface area contributed by atoms with Crippen LogP contribution in [-0.2, 0) is 0 Å². The Hall–Kier alpha value is -0.620. The van der Waals surface area contributed by atoms with Gasteiger partial charge >= 0.3 is 0 Å². The predicted octanol–water partition coefficient (Wildman–Crippen LogP) is 1.73. The molecular weight excluding hydrogens is 315 g/mol. The molecule has 1 N–H and O–H groups in total. The van der Waals surface area contributed by atoms with Gasteiger partial charge in [0.2, 0.25) is 0 Å². The normalized spacial score (nSPS) is 20.9. The number of rotatable bonds is 1. The minimum absolute atomic E-state index is 0.152. The van der Waals surface area contributed by atoms with E-state index >= 15 is 0 Å². The number of piperazine rings is 1. The fraction of sp³-hybridized carbons (Fsp3) is 0.417. The van der Waals surface area contributed by atoms with E-state index in [1.54, 1.807) is 0 Å². The van der Waals surface area contributed by atoms with Crippen molar-refractivity contribution in [1.82, 2.24) is 10.2 Å². The summed E-state index contributed by atoms with van der Waals surface area (Å²) in [6.45, 7) is 4.65. The minimum atomic E-state index is 0.152. The van der Waals surface area contributed by atoms with Crippen LogP contribution >= 0.6 is 22.6 Å². The smallest absolute Gasteiger partial charge is 0.255 e. The Balaban J connectivity index is 2.21. The maximum atomic E-state index is 12.3. The van der Waals surface area contributed by atoms with E-state index in [4.69, 9.17) is 0 Å². The molecule has 0 unspecified atom stereocenters. The number of hydrogen-bond donors (Lipinski definition) is 1. The van der Waals surface area contributed by atoms with Crippen molar-refractivity contribution in [2.75, 3.05) is 19.6 Å². The summed E-state index contributed by atoms with van der Waals surface area (Å²) in [7, 11) is 0. The zero-order valence-corrected chi connectivity index (χ0v) is 11.4. The monoisotopic (exact) mass is 330 g/mol. The van der Waals surface area contributed by atoms with E-state index in [9.17, 15) is 4.79 Å². The van der Waals surface area contributed by atoms with Crippen LogP contribution in [0.3, 0.4) is 0 Å². The van der Waals surface area contributed by atoms with Gasteiger partial charge in [-0.1, -0.05) is 12.1 Å². The van der Waals surface area contributed by atoms with Crippen LogP contribution < -0.4 is 5.32 Å². The molecule has 1 aliphatic rings. The van der Waals surface area contributed by atoms with Crippen molar-refractivity contribution in [3.05, 3.63) is 33.4 Å². The van der Waals surface area contributed by atoms with Gasteiger partial charge in [0.05, 0.1) is 5.56 Å². The second kappa shape index (κ2) is 5.14. The molecule has 0 spiro atoms. The van der Waals surface area contributed by atoms with Gasteiger partial charge in [0, 0.05) is 29.2 Å². The lowest BCUT2D eigenvalue weighted by molar-refractivity contribution is 0.0654. The van der Waals surface area contributed by atoms with Crippen LogP contribution in [0.15, 0.2) is 24.3 Å². The lowest BCUT2D eigenvalue weighted by atomic mass is 10.1.